The minimum absolute atomic E-state index is 0.0463. The van der Waals surface area contributed by atoms with Gasteiger partial charge in [0, 0.05) is 6.54 Å². The van der Waals surface area contributed by atoms with Crippen LogP contribution in [0.25, 0.3) is 0 Å². The van der Waals surface area contributed by atoms with Crippen molar-refractivity contribution in [2.24, 2.45) is 5.92 Å². The van der Waals surface area contributed by atoms with Crippen molar-refractivity contribution in [3.63, 3.8) is 0 Å². The Kier molecular flexibility index (Phi) is 5.20. The molecule has 0 aliphatic carbocycles. The van der Waals surface area contributed by atoms with Crippen molar-refractivity contribution in [1.29, 1.82) is 0 Å². The molecule has 0 aromatic rings. The van der Waals surface area contributed by atoms with Gasteiger partial charge in [-0.25, -0.2) is 9.59 Å². The van der Waals surface area contributed by atoms with Crippen LogP contribution in [0.3, 0.4) is 0 Å². The standard InChI is InChI=1S/C14H25NO4/c1-5-6-7-10-8-9-15(11(10)12(16)17)13(18)19-14(2,3)4/h10-11H,5-9H2,1-4H3,(H,16,17)/t10-,11-/m1/s1. The molecule has 1 N–H and O–H groups in total. The molecule has 1 aliphatic heterocycles. The van der Waals surface area contributed by atoms with E-state index in [4.69, 9.17) is 4.74 Å². The van der Waals surface area contributed by atoms with E-state index in [0.717, 1.165) is 25.7 Å². The molecule has 0 radical (unpaired) electrons. The zero-order valence-electron chi connectivity index (χ0n) is 12.3. The lowest BCUT2D eigenvalue weighted by molar-refractivity contribution is -0.143. The van der Waals surface area contributed by atoms with Gasteiger partial charge in [0.2, 0.25) is 0 Å². The van der Waals surface area contributed by atoms with Crippen LogP contribution in [0.1, 0.15) is 53.4 Å². The summed E-state index contributed by atoms with van der Waals surface area (Å²) in [7, 11) is 0. The first-order valence-corrected chi connectivity index (χ1v) is 6.98. The number of carboxylic acids is 1. The van der Waals surface area contributed by atoms with Crippen LogP contribution in [-0.2, 0) is 9.53 Å². The summed E-state index contributed by atoms with van der Waals surface area (Å²) >= 11 is 0. The number of likely N-dealkylation sites (tertiary alicyclic amines) is 1. The van der Waals surface area contributed by atoms with Gasteiger partial charge in [-0.1, -0.05) is 19.8 Å². The number of nitrogens with zero attached hydrogens (tertiary/aromatic N) is 1. The van der Waals surface area contributed by atoms with Crippen molar-refractivity contribution in [1.82, 2.24) is 4.90 Å². The van der Waals surface area contributed by atoms with E-state index in [-0.39, 0.29) is 5.92 Å². The van der Waals surface area contributed by atoms with Crippen LogP contribution in [0.2, 0.25) is 0 Å². The second-order valence-corrected chi connectivity index (χ2v) is 6.15. The molecular weight excluding hydrogens is 246 g/mol. The minimum Gasteiger partial charge on any atom is -0.480 e. The largest absolute Gasteiger partial charge is 0.480 e. The first-order valence-electron chi connectivity index (χ1n) is 6.98. The Morgan fingerprint density at radius 2 is 2.00 bits per heavy atom. The molecule has 1 aliphatic rings. The summed E-state index contributed by atoms with van der Waals surface area (Å²) in [6.07, 6.45) is 3.12. The predicted octanol–water partition coefficient (Wildman–Crippen LogP) is 2.89. The molecule has 19 heavy (non-hydrogen) atoms. The van der Waals surface area contributed by atoms with Crippen molar-refractivity contribution in [3.05, 3.63) is 0 Å². The fraction of sp³-hybridized carbons (Fsp3) is 0.857. The van der Waals surface area contributed by atoms with Gasteiger partial charge in [0.15, 0.2) is 0 Å². The van der Waals surface area contributed by atoms with E-state index < -0.39 is 23.7 Å². The third-order valence-electron chi connectivity index (χ3n) is 3.33. The Morgan fingerprint density at radius 3 is 2.47 bits per heavy atom. The Morgan fingerprint density at radius 1 is 1.37 bits per heavy atom. The predicted molar refractivity (Wildman–Crippen MR) is 72.0 cm³/mol. The lowest BCUT2D eigenvalue weighted by Crippen LogP contribution is -2.45. The Hall–Kier alpha value is -1.26. The summed E-state index contributed by atoms with van der Waals surface area (Å²) in [6.45, 7) is 7.90. The number of carbonyl (C=O) groups excluding carboxylic acids is 1. The van der Waals surface area contributed by atoms with Gasteiger partial charge in [-0.3, -0.25) is 4.90 Å². The molecule has 1 amide bonds. The zero-order valence-corrected chi connectivity index (χ0v) is 12.3. The molecule has 1 saturated heterocycles. The summed E-state index contributed by atoms with van der Waals surface area (Å²) in [4.78, 5) is 24.8. The summed E-state index contributed by atoms with van der Waals surface area (Å²) < 4.78 is 5.28. The van der Waals surface area contributed by atoms with E-state index in [9.17, 15) is 14.7 Å². The number of unbranched alkanes of at least 4 members (excludes halogenated alkanes) is 1. The van der Waals surface area contributed by atoms with Gasteiger partial charge in [-0.05, 0) is 39.5 Å². The van der Waals surface area contributed by atoms with Crippen molar-refractivity contribution in [2.45, 2.75) is 65.0 Å². The molecule has 1 rings (SSSR count). The van der Waals surface area contributed by atoms with E-state index in [1.54, 1.807) is 20.8 Å². The van der Waals surface area contributed by atoms with Crippen molar-refractivity contribution < 1.29 is 19.4 Å². The van der Waals surface area contributed by atoms with Gasteiger partial charge in [-0.2, -0.15) is 0 Å². The maximum Gasteiger partial charge on any atom is 0.411 e. The lowest BCUT2D eigenvalue weighted by atomic mass is 9.94. The van der Waals surface area contributed by atoms with Crippen LogP contribution < -0.4 is 0 Å². The molecule has 5 nitrogen and oxygen atoms in total. The third-order valence-corrected chi connectivity index (χ3v) is 3.33. The van der Waals surface area contributed by atoms with Crippen LogP contribution in [-0.4, -0.2) is 40.3 Å². The molecule has 0 spiro atoms. The molecule has 0 aromatic carbocycles. The first-order chi connectivity index (χ1) is 8.76. The monoisotopic (exact) mass is 271 g/mol. The van der Waals surface area contributed by atoms with Gasteiger partial charge in [0.05, 0.1) is 0 Å². The van der Waals surface area contributed by atoms with Crippen LogP contribution >= 0.6 is 0 Å². The second-order valence-electron chi connectivity index (χ2n) is 6.15. The fourth-order valence-corrected chi connectivity index (χ4v) is 2.49. The van der Waals surface area contributed by atoms with Gasteiger partial charge in [-0.15, -0.1) is 0 Å². The highest BCUT2D eigenvalue weighted by molar-refractivity contribution is 5.81. The topological polar surface area (TPSA) is 66.8 Å². The van der Waals surface area contributed by atoms with E-state index >= 15 is 0 Å². The molecule has 2 atom stereocenters. The molecule has 110 valence electrons. The highest BCUT2D eigenvalue weighted by Gasteiger charge is 2.42. The lowest BCUT2D eigenvalue weighted by Gasteiger charge is -2.28. The molecule has 0 saturated carbocycles. The number of hydrogen-bond donors (Lipinski definition) is 1. The number of carbonyl (C=O) groups is 2. The summed E-state index contributed by atoms with van der Waals surface area (Å²) in [5.74, 6) is -0.880. The number of ether oxygens (including phenoxy) is 1. The molecule has 1 fully saturated rings. The molecule has 0 aromatic heterocycles. The number of amides is 1. The highest BCUT2D eigenvalue weighted by Crippen LogP contribution is 2.30. The number of aliphatic carboxylic acids is 1. The van der Waals surface area contributed by atoms with Crippen LogP contribution in [0.5, 0.6) is 0 Å². The van der Waals surface area contributed by atoms with Crippen LogP contribution in [0.4, 0.5) is 4.79 Å². The maximum atomic E-state index is 12.0. The van der Waals surface area contributed by atoms with Gasteiger partial charge in [0.25, 0.3) is 0 Å². The maximum absolute atomic E-state index is 12.0. The average Bonchev–Trinajstić information content (AvgIpc) is 2.67. The summed E-state index contributed by atoms with van der Waals surface area (Å²) in [5.41, 5.74) is -0.596. The molecule has 1 heterocycles. The van der Waals surface area contributed by atoms with Crippen LogP contribution in [0.15, 0.2) is 0 Å². The van der Waals surface area contributed by atoms with Gasteiger partial charge in [0.1, 0.15) is 11.6 Å². The van der Waals surface area contributed by atoms with Gasteiger partial charge < -0.3 is 9.84 Å². The average molecular weight is 271 g/mol. The fourth-order valence-electron chi connectivity index (χ4n) is 2.49. The quantitative estimate of drug-likeness (QED) is 0.853. The molecule has 5 heteroatoms. The summed E-state index contributed by atoms with van der Waals surface area (Å²) in [6, 6.07) is -0.735. The van der Waals surface area contributed by atoms with Crippen molar-refractivity contribution >= 4 is 12.1 Å². The van der Waals surface area contributed by atoms with E-state index in [0.29, 0.717) is 6.54 Å². The highest BCUT2D eigenvalue weighted by atomic mass is 16.6. The second kappa shape index (κ2) is 6.26. The van der Waals surface area contributed by atoms with Gasteiger partial charge >= 0.3 is 12.1 Å². The Bertz CT molecular complexity index is 335. The SMILES string of the molecule is CCCC[C@@H]1CCN(C(=O)OC(C)(C)C)[C@H]1C(=O)O. The Balaban J connectivity index is 2.73. The van der Waals surface area contributed by atoms with Crippen molar-refractivity contribution in [3.8, 4) is 0 Å². The zero-order chi connectivity index (χ0) is 14.6. The molecular formula is C14H25NO4. The molecule has 0 unspecified atom stereocenters. The minimum atomic E-state index is -0.926. The summed E-state index contributed by atoms with van der Waals surface area (Å²) in [5, 5.41) is 9.35. The number of carboxylic acid groups (broad SMARTS) is 1. The molecule has 0 bridgehead atoms. The third kappa shape index (κ3) is 4.40. The first kappa shape index (κ1) is 15.8. The van der Waals surface area contributed by atoms with Crippen LogP contribution in [0, 0.1) is 5.92 Å². The smallest absolute Gasteiger partial charge is 0.411 e. The van der Waals surface area contributed by atoms with E-state index in [1.165, 1.54) is 4.90 Å². The number of rotatable bonds is 4. The normalized spacial score (nSPS) is 23.5. The number of hydrogen-bond acceptors (Lipinski definition) is 3. The van der Waals surface area contributed by atoms with E-state index in [1.807, 2.05) is 0 Å². The Labute approximate surface area is 114 Å². The van der Waals surface area contributed by atoms with Crippen molar-refractivity contribution in [2.75, 3.05) is 6.54 Å². The van der Waals surface area contributed by atoms with E-state index in [2.05, 4.69) is 6.92 Å².